The Hall–Kier alpha value is -6.26. The van der Waals surface area contributed by atoms with Crippen LogP contribution < -0.4 is 9.80 Å². The van der Waals surface area contributed by atoms with Gasteiger partial charge >= 0.3 is 0 Å². The molecule has 4 heterocycles. The highest BCUT2D eigenvalue weighted by atomic mass is 16.3. The molecule has 0 spiro atoms. The molecule has 0 bridgehead atoms. The molecule has 0 radical (unpaired) electrons. The first-order valence-electron chi connectivity index (χ1n) is 18.1. The first kappa shape index (κ1) is 29.5. The molecule has 0 N–H and O–H groups in total. The van der Waals surface area contributed by atoms with Crippen LogP contribution in [0.1, 0.15) is 49.9 Å². The van der Waals surface area contributed by atoms with E-state index in [0.29, 0.717) is 0 Å². The third-order valence-electron chi connectivity index (χ3n) is 11.8. The first-order chi connectivity index (χ1) is 25.3. The summed E-state index contributed by atoms with van der Waals surface area (Å²) in [5.41, 5.74) is 14.9. The van der Waals surface area contributed by atoms with E-state index in [1.54, 1.807) is 0 Å². The number of rotatable bonds is 2. The Morgan fingerprint density at radius 3 is 1.19 bits per heavy atom. The van der Waals surface area contributed by atoms with Crippen LogP contribution in [0, 0.1) is 0 Å². The standard InChI is InChI=1S/C48H36N2O2/c1-47(2)35-19-11-13-21-39(35)49(29-15-7-5-8-16-29)43-37(47)25-23-31-33-27-42-34(28-41(33)51-45(31)43)32-24-26-38-44(46(32)52-42)50(30-17-9-6-10-18-30)40-22-14-12-20-36(40)48(38,3)4/h5-28H,1-4H3. The molecule has 4 nitrogen and oxygen atoms in total. The van der Waals surface area contributed by atoms with Crippen LogP contribution in [0.5, 0.6) is 0 Å². The van der Waals surface area contributed by atoms with Crippen molar-refractivity contribution in [3.05, 3.63) is 168 Å². The van der Waals surface area contributed by atoms with Gasteiger partial charge in [0.2, 0.25) is 0 Å². The van der Waals surface area contributed by atoms with E-state index < -0.39 is 0 Å². The minimum atomic E-state index is -0.218. The van der Waals surface area contributed by atoms with Gasteiger partial charge in [0.05, 0.1) is 22.7 Å². The summed E-state index contributed by atoms with van der Waals surface area (Å²) in [6, 6.07) is 52.3. The Morgan fingerprint density at radius 2 is 0.769 bits per heavy atom. The van der Waals surface area contributed by atoms with Gasteiger partial charge in [-0.2, -0.15) is 0 Å². The maximum Gasteiger partial charge on any atom is 0.159 e. The number of hydrogen-bond donors (Lipinski definition) is 0. The second-order valence-electron chi connectivity index (χ2n) is 15.4. The predicted molar refractivity (Wildman–Crippen MR) is 215 cm³/mol. The molecule has 2 aliphatic rings. The quantitative estimate of drug-likeness (QED) is 0.183. The van der Waals surface area contributed by atoms with E-state index in [2.05, 4.69) is 183 Å². The van der Waals surface area contributed by atoms with Crippen molar-refractivity contribution in [2.45, 2.75) is 38.5 Å². The summed E-state index contributed by atoms with van der Waals surface area (Å²) in [5, 5.41) is 4.26. The van der Waals surface area contributed by atoms with Crippen molar-refractivity contribution in [2.24, 2.45) is 0 Å². The fraction of sp³-hybridized carbons (Fsp3) is 0.125. The van der Waals surface area contributed by atoms with Gasteiger partial charge in [-0.05, 0) is 70.8 Å². The molecule has 0 saturated carbocycles. The van der Waals surface area contributed by atoms with Gasteiger partial charge in [-0.3, -0.25) is 0 Å². The number of hydrogen-bond acceptors (Lipinski definition) is 4. The number of fused-ring (bicyclic) bond motifs is 12. The topological polar surface area (TPSA) is 32.8 Å². The van der Waals surface area contributed by atoms with E-state index >= 15 is 0 Å². The SMILES string of the molecule is CC1(C)c2ccccc2N(c2ccccc2)c2c1ccc1c2oc2cc3c(cc21)oc1c2c(ccc13)C(C)(C)c1ccccc1N2c1ccccc1. The van der Waals surface area contributed by atoms with Gasteiger partial charge in [-0.15, -0.1) is 0 Å². The van der Waals surface area contributed by atoms with E-state index in [1.165, 1.54) is 33.6 Å². The minimum Gasteiger partial charge on any atom is -0.454 e. The van der Waals surface area contributed by atoms with Crippen molar-refractivity contribution >= 4 is 78.0 Å². The number of benzene rings is 7. The monoisotopic (exact) mass is 672 g/mol. The fourth-order valence-corrected chi connectivity index (χ4v) is 9.21. The molecule has 0 aliphatic carbocycles. The van der Waals surface area contributed by atoms with Gasteiger partial charge < -0.3 is 18.6 Å². The molecule has 4 heteroatoms. The van der Waals surface area contributed by atoms with Crippen molar-refractivity contribution in [3.8, 4) is 0 Å². The van der Waals surface area contributed by atoms with Crippen molar-refractivity contribution in [3.63, 3.8) is 0 Å². The second-order valence-corrected chi connectivity index (χ2v) is 15.4. The molecule has 0 fully saturated rings. The lowest BCUT2D eigenvalue weighted by atomic mass is 9.73. The van der Waals surface area contributed by atoms with Crippen LogP contribution in [-0.4, -0.2) is 0 Å². The Bertz CT molecular complexity index is 2710. The predicted octanol–water partition coefficient (Wildman–Crippen LogP) is 13.7. The average molecular weight is 673 g/mol. The van der Waals surface area contributed by atoms with Gasteiger partial charge in [-0.25, -0.2) is 0 Å². The molecule has 2 aliphatic heterocycles. The maximum absolute atomic E-state index is 7.03. The van der Waals surface area contributed by atoms with Crippen LogP contribution in [-0.2, 0) is 10.8 Å². The zero-order chi connectivity index (χ0) is 34.9. The van der Waals surface area contributed by atoms with Crippen LogP contribution in [0.15, 0.2) is 154 Å². The molecule has 0 atom stereocenters. The zero-order valence-electron chi connectivity index (χ0n) is 29.6. The molecular weight excluding hydrogens is 637 g/mol. The van der Waals surface area contributed by atoms with Crippen LogP contribution in [0.4, 0.5) is 34.1 Å². The molecule has 250 valence electrons. The lowest BCUT2D eigenvalue weighted by molar-refractivity contribution is 0.623. The molecule has 7 aromatic carbocycles. The van der Waals surface area contributed by atoms with Gasteiger partial charge in [-0.1, -0.05) is 125 Å². The Balaban J connectivity index is 1.18. The fourth-order valence-electron chi connectivity index (χ4n) is 9.21. The highest BCUT2D eigenvalue weighted by molar-refractivity contribution is 6.19. The smallest absolute Gasteiger partial charge is 0.159 e. The highest BCUT2D eigenvalue weighted by Crippen LogP contribution is 2.57. The molecule has 52 heavy (non-hydrogen) atoms. The summed E-state index contributed by atoms with van der Waals surface area (Å²) in [6.07, 6.45) is 0. The van der Waals surface area contributed by atoms with Crippen molar-refractivity contribution < 1.29 is 8.83 Å². The van der Waals surface area contributed by atoms with E-state index in [4.69, 9.17) is 8.83 Å². The van der Waals surface area contributed by atoms with Gasteiger partial charge in [0.1, 0.15) is 11.2 Å². The summed E-state index contributed by atoms with van der Waals surface area (Å²) in [7, 11) is 0. The average Bonchev–Trinajstić information content (AvgIpc) is 3.72. The number of para-hydroxylation sites is 4. The molecule has 0 saturated heterocycles. The lowest BCUT2D eigenvalue weighted by Crippen LogP contribution is -2.30. The molecule has 0 unspecified atom stereocenters. The van der Waals surface area contributed by atoms with Crippen LogP contribution in [0.2, 0.25) is 0 Å². The van der Waals surface area contributed by atoms with Crippen molar-refractivity contribution in [2.75, 3.05) is 9.80 Å². The first-order valence-corrected chi connectivity index (χ1v) is 18.1. The van der Waals surface area contributed by atoms with Gasteiger partial charge in [0.15, 0.2) is 11.2 Å². The number of anilines is 6. The molecule has 11 rings (SSSR count). The third-order valence-corrected chi connectivity index (χ3v) is 11.8. The third kappa shape index (κ3) is 3.76. The van der Waals surface area contributed by atoms with Crippen LogP contribution in [0.25, 0.3) is 43.9 Å². The molecule has 9 aromatic rings. The van der Waals surface area contributed by atoms with Crippen molar-refractivity contribution in [1.82, 2.24) is 0 Å². The minimum absolute atomic E-state index is 0.218. The van der Waals surface area contributed by atoms with E-state index in [-0.39, 0.29) is 10.8 Å². The largest absolute Gasteiger partial charge is 0.454 e. The number of nitrogens with zero attached hydrogens (tertiary/aromatic N) is 2. The summed E-state index contributed by atoms with van der Waals surface area (Å²) in [4.78, 5) is 4.76. The highest BCUT2D eigenvalue weighted by Gasteiger charge is 2.40. The Labute approximate surface area is 302 Å². The summed E-state index contributed by atoms with van der Waals surface area (Å²) < 4.78 is 14.1. The Kier molecular flexibility index (Phi) is 5.76. The van der Waals surface area contributed by atoms with Crippen LogP contribution in [0.3, 0.4) is 0 Å². The summed E-state index contributed by atoms with van der Waals surface area (Å²) in [6.45, 7) is 9.28. The lowest BCUT2D eigenvalue weighted by Gasteiger charge is -2.41. The molecule has 0 amide bonds. The van der Waals surface area contributed by atoms with Crippen molar-refractivity contribution in [1.29, 1.82) is 0 Å². The van der Waals surface area contributed by atoms with E-state index in [0.717, 1.165) is 66.6 Å². The number of furan rings is 2. The second kappa shape index (κ2) is 10.2. The molecule has 2 aromatic heterocycles. The van der Waals surface area contributed by atoms with Crippen LogP contribution >= 0.6 is 0 Å². The normalized spacial score (nSPS) is 15.5. The summed E-state index contributed by atoms with van der Waals surface area (Å²) in [5.74, 6) is 0. The zero-order valence-corrected chi connectivity index (χ0v) is 29.6. The van der Waals surface area contributed by atoms with E-state index in [1.807, 2.05) is 0 Å². The maximum atomic E-state index is 7.03. The molecular formula is C48H36N2O2. The Morgan fingerprint density at radius 1 is 0.385 bits per heavy atom. The van der Waals surface area contributed by atoms with E-state index in [9.17, 15) is 0 Å². The van der Waals surface area contributed by atoms with Gasteiger partial charge in [0.25, 0.3) is 0 Å². The van der Waals surface area contributed by atoms with Gasteiger partial charge in [0, 0.05) is 43.7 Å². The summed E-state index contributed by atoms with van der Waals surface area (Å²) >= 11 is 0.